The highest BCUT2D eigenvalue weighted by Crippen LogP contribution is 2.19. The molecule has 1 heterocycles. The number of likely N-dealkylation sites (N-methyl/N-ethyl adjacent to an activating group) is 1. The predicted molar refractivity (Wildman–Crippen MR) is 92.1 cm³/mol. The van der Waals surface area contributed by atoms with E-state index >= 15 is 0 Å². The normalized spacial score (nSPS) is 11.7. The fourth-order valence-corrected chi connectivity index (χ4v) is 2.10. The van der Waals surface area contributed by atoms with Crippen molar-refractivity contribution in [1.29, 1.82) is 0 Å². The van der Waals surface area contributed by atoms with Crippen molar-refractivity contribution < 1.29 is 13.9 Å². The fourth-order valence-electron chi connectivity index (χ4n) is 2.10. The molecular formula is C17H23ClN2O3. The van der Waals surface area contributed by atoms with Gasteiger partial charge in [-0.25, -0.2) is 0 Å². The third-order valence-corrected chi connectivity index (χ3v) is 3.32. The van der Waals surface area contributed by atoms with Gasteiger partial charge in [-0.1, -0.05) is 18.2 Å². The van der Waals surface area contributed by atoms with Crippen LogP contribution in [0.5, 0.6) is 5.75 Å². The summed E-state index contributed by atoms with van der Waals surface area (Å²) in [4.78, 5) is 13.9. The van der Waals surface area contributed by atoms with Gasteiger partial charge in [0.2, 0.25) is 0 Å². The van der Waals surface area contributed by atoms with Gasteiger partial charge in [-0.2, -0.15) is 0 Å². The van der Waals surface area contributed by atoms with E-state index in [2.05, 4.69) is 5.32 Å². The topological polar surface area (TPSA) is 54.7 Å². The van der Waals surface area contributed by atoms with E-state index in [9.17, 15) is 4.79 Å². The molecule has 0 bridgehead atoms. The number of carbonyl (C=O) groups excluding carboxylic acids is 1. The zero-order valence-electron chi connectivity index (χ0n) is 13.6. The summed E-state index contributed by atoms with van der Waals surface area (Å²) in [5.74, 6) is 2.23. The lowest BCUT2D eigenvalue weighted by Crippen LogP contribution is -2.36. The number of rotatable bonds is 7. The SMILES string of the molecule is Cc1ccc(C(CNC(=O)COc2ccccc2)N(C)C)o1.Cl. The molecule has 2 rings (SSSR count). The van der Waals surface area contributed by atoms with Crippen LogP contribution >= 0.6 is 12.4 Å². The summed E-state index contributed by atoms with van der Waals surface area (Å²) in [6, 6.07) is 13.1. The average Bonchev–Trinajstić information content (AvgIpc) is 2.92. The van der Waals surface area contributed by atoms with Crippen LogP contribution in [0.2, 0.25) is 0 Å². The van der Waals surface area contributed by atoms with Crippen molar-refractivity contribution >= 4 is 18.3 Å². The Balaban J connectivity index is 0.00000264. The maximum absolute atomic E-state index is 11.9. The number of amides is 1. The van der Waals surface area contributed by atoms with E-state index in [4.69, 9.17) is 9.15 Å². The molecule has 1 atom stereocenters. The molecule has 0 fully saturated rings. The molecule has 1 amide bonds. The molecule has 126 valence electrons. The lowest BCUT2D eigenvalue weighted by Gasteiger charge is -2.22. The predicted octanol–water partition coefficient (Wildman–Crippen LogP) is 2.81. The number of para-hydroxylation sites is 1. The van der Waals surface area contributed by atoms with Crippen LogP contribution in [0.4, 0.5) is 0 Å². The molecule has 5 nitrogen and oxygen atoms in total. The second kappa shape index (κ2) is 9.22. The number of hydrogen-bond donors (Lipinski definition) is 1. The Morgan fingerprint density at radius 2 is 1.91 bits per heavy atom. The van der Waals surface area contributed by atoms with Crippen molar-refractivity contribution in [3.63, 3.8) is 0 Å². The molecule has 0 aliphatic rings. The molecule has 1 N–H and O–H groups in total. The number of nitrogens with one attached hydrogen (secondary N) is 1. The van der Waals surface area contributed by atoms with E-state index < -0.39 is 0 Å². The van der Waals surface area contributed by atoms with Gasteiger partial charge in [0.05, 0.1) is 6.04 Å². The smallest absolute Gasteiger partial charge is 0.258 e. The van der Waals surface area contributed by atoms with E-state index in [0.717, 1.165) is 11.5 Å². The Morgan fingerprint density at radius 1 is 1.22 bits per heavy atom. The first-order chi connectivity index (χ1) is 10.6. The van der Waals surface area contributed by atoms with E-state index in [1.165, 1.54) is 0 Å². The van der Waals surface area contributed by atoms with Crippen molar-refractivity contribution in [2.75, 3.05) is 27.2 Å². The van der Waals surface area contributed by atoms with Crippen LogP contribution in [0, 0.1) is 6.92 Å². The molecule has 6 heteroatoms. The zero-order valence-corrected chi connectivity index (χ0v) is 14.4. The van der Waals surface area contributed by atoms with Gasteiger partial charge in [0, 0.05) is 6.54 Å². The Labute approximate surface area is 143 Å². The largest absolute Gasteiger partial charge is 0.484 e. The molecule has 23 heavy (non-hydrogen) atoms. The van der Waals surface area contributed by atoms with Crippen molar-refractivity contribution in [3.05, 3.63) is 54.0 Å². The van der Waals surface area contributed by atoms with Gasteiger partial charge in [0.15, 0.2) is 6.61 Å². The second-order valence-electron chi connectivity index (χ2n) is 5.33. The highest BCUT2D eigenvalue weighted by Gasteiger charge is 2.18. The van der Waals surface area contributed by atoms with Crippen LogP contribution in [-0.4, -0.2) is 38.1 Å². The van der Waals surface area contributed by atoms with Gasteiger partial charge in [-0.15, -0.1) is 12.4 Å². The highest BCUT2D eigenvalue weighted by atomic mass is 35.5. The lowest BCUT2D eigenvalue weighted by molar-refractivity contribution is -0.123. The molecule has 0 saturated heterocycles. The first-order valence-electron chi connectivity index (χ1n) is 7.23. The Bertz CT molecular complexity index is 599. The first kappa shape index (κ1) is 19.1. The van der Waals surface area contributed by atoms with Gasteiger partial charge >= 0.3 is 0 Å². The van der Waals surface area contributed by atoms with Crippen molar-refractivity contribution in [2.45, 2.75) is 13.0 Å². The number of nitrogens with zero attached hydrogens (tertiary/aromatic N) is 1. The van der Waals surface area contributed by atoms with Crippen LogP contribution in [0.15, 0.2) is 46.9 Å². The summed E-state index contributed by atoms with van der Waals surface area (Å²) in [5.41, 5.74) is 0. The Kier molecular flexibility index (Phi) is 7.65. The molecule has 0 aliphatic heterocycles. The van der Waals surface area contributed by atoms with Crippen molar-refractivity contribution in [1.82, 2.24) is 10.2 Å². The third kappa shape index (κ3) is 5.96. The summed E-state index contributed by atoms with van der Waals surface area (Å²) in [5, 5.41) is 2.88. The Morgan fingerprint density at radius 3 is 2.48 bits per heavy atom. The number of aryl methyl sites for hydroxylation is 1. The molecule has 0 aliphatic carbocycles. The van der Waals surface area contributed by atoms with E-state index in [-0.39, 0.29) is 31.0 Å². The summed E-state index contributed by atoms with van der Waals surface area (Å²) >= 11 is 0. The summed E-state index contributed by atoms with van der Waals surface area (Å²) in [6.07, 6.45) is 0. The molecule has 1 unspecified atom stereocenters. The van der Waals surface area contributed by atoms with Crippen LogP contribution in [0.1, 0.15) is 17.6 Å². The van der Waals surface area contributed by atoms with Crippen molar-refractivity contribution in [3.8, 4) is 5.75 Å². The molecule has 0 saturated carbocycles. The Hall–Kier alpha value is -1.98. The number of benzene rings is 1. The van der Waals surface area contributed by atoms with Crippen LogP contribution < -0.4 is 10.1 Å². The molecular weight excluding hydrogens is 316 g/mol. The van der Waals surface area contributed by atoms with Gasteiger partial charge in [-0.05, 0) is 45.3 Å². The molecule has 0 radical (unpaired) electrons. The minimum atomic E-state index is -0.154. The van der Waals surface area contributed by atoms with E-state index in [1.807, 2.05) is 68.4 Å². The minimum absolute atomic E-state index is 0. The van der Waals surface area contributed by atoms with Gasteiger partial charge in [0.25, 0.3) is 5.91 Å². The number of hydrogen-bond acceptors (Lipinski definition) is 4. The van der Waals surface area contributed by atoms with Crippen LogP contribution in [-0.2, 0) is 4.79 Å². The average molecular weight is 339 g/mol. The lowest BCUT2D eigenvalue weighted by atomic mass is 10.2. The molecule has 0 spiro atoms. The summed E-state index contributed by atoms with van der Waals surface area (Å²) < 4.78 is 11.1. The maximum Gasteiger partial charge on any atom is 0.258 e. The molecule has 2 aromatic rings. The highest BCUT2D eigenvalue weighted by molar-refractivity contribution is 5.85. The summed E-state index contributed by atoms with van der Waals surface area (Å²) in [6.45, 7) is 2.38. The van der Waals surface area contributed by atoms with Crippen LogP contribution in [0.25, 0.3) is 0 Å². The number of halogens is 1. The fraction of sp³-hybridized carbons (Fsp3) is 0.353. The number of carbonyl (C=O) groups is 1. The number of furan rings is 1. The second-order valence-corrected chi connectivity index (χ2v) is 5.33. The quantitative estimate of drug-likeness (QED) is 0.843. The van der Waals surface area contributed by atoms with Gasteiger partial charge in [0.1, 0.15) is 17.3 Å². The van der Waals surface area contributed by atoms with Crippen molar-refractivity contribution in [2.24, 2.45) is 0 Å². The molecule has 1 aromatic carbocycles. The monoisotopic (exact) mass is 338 g/mol. The van der Waals surface area contributed by atoms with E-state index in [1.54, 1.807) is 0 Å². The van der Waals surface area contributed by atoms with Gasteiger partial charge in [-0.3, -0.25) is 9.69 Å². The molecule has 1 aromatic heterocycles. The third-order valence-electron chi connectivity index (χ3n) is 3.32. The van der Waals surface area contributed by atoms with E-state index in [0.29, 0.717) is 12.3 Å². The summed E-state index contributed by atoms with van der Waals surface area (Å²) in [7, 11) is 3.91. The van der Waals surface area contributed by atoms with Crippen LogP contribution in [0.3, 0.4) is 0 Å². The maximum atomic E-state index is 11.9. The van der Waals surface area contributed by atoms with Gasteiger partial charge < -0.3 is 14.5 Å². The first-order valence-corrected chi connectivity index (χ1v) is 7.23. The number of ether oxygens (including phenoxy) is 1. The zero-order chi connectivity index (χ0) is 15.9. The minimum Gasteiger partial charge on any atom is -0.484 e. The standard InChI is InChI=1S/C17H22N2O3.ClH/c1-13-9-10-16(22-13)15(19(2)3)11-18-17(20)12-21-14-7-5-4-6-8-14;/h4-10,15H,11-12H2,1-3H3,(H,18,20);1H.